The zero-order chi connectivity index (χ0) is 18.5. The summed E-state index contributed by atoms with van der Waals surface area (Å²) in [6, 6.07) is 0. The fraction of sp³-hybridized carbons (Fsp3) is 0.500. The number of hydrogen-bond acceptors (Lipinski definition) is 7. The van der Waals surface area contributed by atoms with Gasteiger partial charge < -0.3 is 25.0 Å². The first kappa shape index (κ1) is 20.0. The second kappa shape index (κ2) is 8.17. The summed E-state index contributed by atoms with van der Waals surface area (Å²) in [6.07, 6.45) is -1.75. The molecule has 0 bridgehead atoms. The van der Waals surface area contributed by atoms with Crippen LogP contribution in [0.1, 0.15) is 0 Å². The molecule has 1 rings (SSSR count). The van der Waals surface area contributed by atoms with Gasteiger partial charge in [0.2, 0.25) is 12.1 Å². The Balaban J connectivity index is 3.12. The number of thioether (sulfide) groups is 1. The van der Waals surface area contributed by atoms with Crippen molar-refractivity contribution in [1.29, 1.82) is 0 Å². The lowest BCUT2D eigenvalue weighted by Crippen LogP contribution is -2.64. The van der Waals surface area contributed by atoms with Crippen LogP contribution in [0.3, 0.4) is 0 Å². The van der Waals surface area contributed by atoms with Crippen molar-refractivity contribution in [3.63, 3.8) is 0 Å². The molecule has 1 amide bonds. The summed E-state index contributed by atoms with van der Waals surface area (Å²) in [5.41, 5.74) is -3.12. The van der Waals surface area contributed by atoms with Crippen LogP contribution in [0.5, 0.6) is 0 Å². The number of rotatable bonds is 8. The second-order valence-corrected chi connectivity index (χ2v) is 5.39. The van der Waals surface area contributed by atoms with Gasteiger partial charge in [0.1, 0.15) is 0 Å². The zero-order valence-corrected chi connectivity index (χ0v) is 13.1. The lowest BCUT2D eigenvalue weighted by Gasteiger charge is -2.35. The van der Waals surface area contributed by atoms with Gasteiger partial charge in [0.25, 0.3) is 11.5 Å². The number of carbonyl (C=O) groups is 3. The van der Waals surface area contributed by atoms with Crippen molar-refractivity contribution in [2.75, 3.05) is 19.5 Å². The average molecular weight is 368 g/mol. The third-order valence-corrected chi connectivity index (χ3v) is 3.53. The Labute approximate surface area is 138 Å². The quantitative estimate of drug-likeness (QED) is 0.507. The first-order valence-corrected chi connectivity index (χ1v) is 7.29. The molecule has 1 heterocycles. The van der Waals surface area contributed by atoms with Gasteiger partial charge in [-0.25, -0.2) is 14.6 Å². The van der Waals surface area contributed by atoms with E-state index >= 15 is 0 Å². The number of aliphatic imine (C=N–C) groups is 1. The van der Waals surface area contributed by atoms with Crippen LogP contribution in [0, 0.1) is 0 Å². The van der Waals surface area contributed by atoms with E-state index in [1.54, 1.807) is 0 Å². The predicted molar refractivity (Wildman–Crippen MR) is 77.9 cm³/mol. The van der Waals surface area contributed by atoms with Crippen molar-refractivity contribution >= 4 is 35.3 Å². The fourth-order valence-corrected chi connectivity index (χ4v) is 2.10. The summed E-state index contributed by atoms with van der Waals surface area (Å²) in [5.74, 6) is -7.87. The highest BCUT2D eigenvalue weighted by atomic mass is 32.2. The summed E-state index contributed by atoms with van der Waals surface area (Å²) in [6.45, 7) is 3.05. The summed E-state index contributed by atoms with van der Waals surface area (Å²) in [4.78, 5) is 38.0. The molecule has 0 spiro atoms. The molecule has 0 aliphatic carbocycles. The molecule has 0 aromatic heterocycles. The Kier molecular flexibility index (Phi) is 6.81. The first-order chi connectivity index (χ1) is 11.1. The minimum atomic E-state index is -2.83. The Hall–Kier alpha value is -2.05. The second-order valence-electron chi connectivity index (χ2n) is 4.41. The van der Waals surface area contributed by atoms with Crippen LogP contribution in [0.2, 0.25) is 0 Å². The monoisotopic (exact) mass is 368 g/mol. The van der Waals surface area contributed by atoms with E-state index < -0.39 is 47.0 Å². The molecule has 0 saturated heterocycles. The lowest BCUT2D eigenvalue weighted by atomic mass is 10.1. The van der Waals surface area contributed by atoms with E-state index in [1.165, 1.54) is 0 Å². The fourth-order valence-electron chi connectivity index (χ4n) is 1.75. The first-order valence-electron chi connectivity index (χ1n) is 6.24. The van der Waals surface area contributed by atoms with Gasteiger partial charge in [-0.15, -0.1) is 0 Å². The minimum Gasteiger partial charge on any atom is -0.478 e. The maximum atomic E-state index is 12.1. The molecule has 2 atom stereocenters. The maximum Gasteiger partial charge on any atom is 0.362 e. The molecule has 134 valence electrons. The van der Waals surface area contributed by atoms with Crippen molar-refractivity contribution in [2.45, 2.75) is 17.7 Å². The lowest BCUT2D eigenvalue weighted by molar-refractivity contribution is -0.192. The van der Waals surface area contributed by atoms with Crippen molar-refractivity contribution in [1.82, 2.24) is 5.32 Å². The number of nitrogens with one attached hydrogen (secondary N) is 1. The van der Waals surface area contributed by atoms with Gasteiger partial charge in [-0.1, -0.05) is 18.3 Å². The number of methoxy groups -OCH3 is 1. The molecular weight excluding hydrogens is 354 g/mol. The van der Waals surface area contributed by atoms with Gasteiger partial charge in [-0.05, 0) is 0 Å². The summed E-state index contributed by atoms with van der Waals surface area (Å²) < 4.78 is 34.1. The number of carboxylic acid groups (broad SMARTS) is 2. The number of carbonyl (C=O) groups excluding carboxylic acids is 1. The molecule has 9 nitrogen and oxygen atoms in total. The molecule has 0 radical (unpaired) electrons. The van der Waals surface area contributed by atoms with Gasteiger partial charge in [-0.2, -0.15) is 8.78 Å². The smallest absolute Gasteiger partial charge is 0.362 e. The number of halogens is 2. The van der Waals surface area contributed by atoms with Gasteiger partial charge in [0, 0.05) is 12.7 Å². The molecule has 12 heteroatoms. The zero-order valence-electron chi connectivity index (χ0n) is 12.3. The molecule has 0 aromatic carbocycles. The van der Waals surface area contributed by atoms with Gasteiger partial charge >= 0.3 is 11.9 Å². The number of carboxylic acids is 2. The highest BCUT2D eigenvalue weighted by molar-refractivity contribution is 8.00. The number of alkyl halides is 2. The van der Waals surface area contributed by atoms with Crippen LogP contribution in [0.15, 0.2) is 17.1 Å². The molecule has 3 N–H and O–H groups in total. The minimum absolute atomic E-state index is 0.00581. The Morgan fingerprint density at radius 2 is 2.17 bits per heavy atom. The SMILES string of the molecule is C=C1COC([C@@](NC(=O)CSC(F)F)(OC)C(=O)O)N=C1C(=O)O. The van der Waals surface area contributed by atoms with E-state index in [0.717, 1.165) is 7.11 Å². The molecule has 0 fully saturated rings. The maximum absolute atomic E-state index is 12.1. The molecule has 0 aromatic rings. The van der Waals surface area contributed by atoms with E-state index in [0.29, 0.717) is 0 Å². The number of hydrogen-bond donors (Lipinski definition) is 3. The number of nitrogens with zero attached hydrogens (tertiary/aromatic N) is 1. The number of aliphatic carboxylic acids is 2. The van der Waals surface area contributed by atoms with Crippen LogP contribution in [-0.2, 0) is 23.9 Å². The van der Waals surface area contributed by atoms with Gasteiger partial charge in [-0.3, -0.25) is 4.79 Å². The summed E-state index contributed by atoms with van der Waals surface area (Å²) >= 11 is -0.0240. The van der Waals surface area contributed by atoms with Crippen LogP contribution >= 0.6 is 11.8 Å². The van der Waals surface area contributed by atoms with Crippen LogP contribution in [0.25, 0.3) is 0 Å². The normalized spacial score (nSPS) is 20.2. The highest BCUT2D eigenvalue weighted by Crippen LogP contribution is 2.23. The van der Waals surface area contributed by atoms with Crippen molar-refractivity contribution in [3.05, 3.63) is 12.2 Å². The average Bonchev–Trinajstić information content (AvgIpc) is 2.50. The van der Waals surface area contributed by atoms with E-state index in [1.807, 2.05) is 5.32 Å². The highest BCUT2D eigenvalue weighted by Gasteiger charge is 2.51. The topological polar surface area (TPSA) is 135 Å². The molecular formula is C12H14F2N2O7S. The molecule has 1 aliphatic rings. The Morgan fingerprint density at radius 1 is 1.54 bits per heavy atom. The van der Waals surface area contributed by atoms with Crippen LogP contribution < -0.4 is 5.32 Å². The molecule has 1 aliphatic heterocycles. The molecule has 1 unspecified atom stereocenters. The van der Waals surface area contributed by atoms with Gasteiger partial charge in [0.05, 0.1) is 12.4 Å². The van der Waals surface area contributed by atoms with Crippen molar-refractivity contribution < 1.29 is 42.9 Å². The molecule has 0 saturated carbocycles. The van der Waals surface area contributed by atoms with E-state index in [4.69, 9.17) is 14.6 Å². The van der Waals surface area contributed by atoms with Crippen LogP contribution in [-0.4, -0.2) is 71.0 Å². The predicted octanol–water partition coefficient (Wildman–Crippen LogP) is -0.0762. The van der Waals surface area contributed by atoms with E-state index in [-0.39, 0.29) is 23.9 Å². The van der Waals surface area contributed by atoms with E-state index in [9.17, 15) is 28.3 Å². The third-order valence-electron chi connectivity index (χ3n) is 2.85. The number of ether oxygens (including phenoxy) is 2. The standard InChI is InChI=1S/C12H14F2N2O7S/c1-5-3-23-9(15-7(5)8(18)19)12(22-2,10(20)21)16-6(17)4-24-11(13)14/h9,11H,1,3-4H2,2H3,(H,16,17)(H,18,19)(H,20,21)/t9?,12-/m1/s1. The number of amides is 1. The summed E-state index contributed by atoms with van der Waals surface area (Å²) in [7, 11) is 0.914. The Morgan fingerprint density at radius 3 is 2.62 bits per heavy atom. The third kappa shape index (κ3) is 4.49. The van der Waals surface area contributed by atoms with Crippen LogP contribution in [0.4, 0.5) is 8.78 Å². The van der Waals surface area contributed by atoms with Crippen molar-refractivity contribution in [2.24, 2.45) is 4.99 Å². The van der Waals surface area contributed by atoms with Gasteiger partial charge in [0.15, 0.2) is 5.71 Å². The van der Waals surface area contributed by atoms with Crippen molar-refractivity contribution in [3.8, 4) is 0 Å². The van der Waals surface area contributed by atoms with E-state index in [2.05, 4.69) is 11.6 Å². The Bertz CT molecular complexity index is 584. The largest absolute Gasteiger partial charge is 0.478 e. The molecule has 24 heavy (non-hydrogen) atoms. The summed E-state index contributed by atoms with van der Waals surface area (Å²) in [5, 5.41) is 20.3.